The Morgan fingerprint density at radius 2 is 1.72 bits per heavy atom. The molecule has 2 rings (SSSR count). The molecule has 1 unspecified atom stereocenters. The fourth-order valence-electron chi connectivity index (χ4n) is 1.82. The number of anilines is 1. The summed E-state index contributed by atoms with van der Waals surface area (Å²) in [5.41, 5.74) is 1.24. The van der Waals surface area contributed by atoms with Gasteiger partial charge in [0.25, 0.3) is 5.91 Å². The third kappa shape index (κ3) is 6.09. The van der Waals surface area contributed by atoms with Crippen molar-refractivity contribution in [1.82, 2.24) is 0 Å². The molecule has 2 aromatic carbocycles. The highest BCUT2D eigenvalue weighted by Crippen LogP contribution is 2.23. The van der Waals surface area contributed by atoms with Gasteiger partial charge in [0, 0.05) is 16.8 Å². The smallest absolute Gasteiger partial charge is 0.331 e. The van der Waals surface area contributed by atoms with Crippen molar-refractivity contribution < 1.29 is 14.3 Å². The Morgan fingerprint density at radius 1 is 1.04 bits per heavy atom. The summed E-state index contributed by atoms with van der Waals surface area (Å²) in [6, 6.07) is 11.5. The van der Waals surface area contributed by atoms with E-state index in [-0.39, 0.29) is 0 Å². The van der Waals surface area contributed by atoms with E-state index in [0.29, 0.717) is 26.3 Å². The first-order chi connectivity index (χ1) is 11.8. The number of ether oxygens (including phenoxy) is 1. The van der Waals surface area contributed by atoms with E-state index in [1.165, 1.54) is 19.1 Å². The van der Waals surface area contributed by atoms with Crippen LogP contribution in [0.25, 0.3) is 6.08 Å². The summed E-state index contributed by atoms with van der Waals surface area (Å²) < 4.78 is 5.06. The molecule has 0 radical (unpaired) electrons. The largest absolute Gasteiger partial charge is 0.449 e. The molecule has 25 heavy (non-hydrogen) atoms. The summed E-state index contributed by atoms with van der Waals surface area (Å²) in [6.45, 7) is 1.48. The second kappa shape index (κ2) is 8.90. The zero-order valence-corrected chi connectivity index (χ0v) is 15.4. The van der Waals surface area contributed by atoms with Crippen LogP contribution in [0.1, 0.15) is 12.5 Å². The van der Waals surface area contributed by atoms with Gasteiger partial charge in [0.1, 0.15) is 0 Å². The van der Waals surface area contributed by atoms with E-state index in [9.17, 15) is 9.59 Å². The maximum Gasteiger partial charge on any atom is 0.331 e. The van der Waals surface area contributed by atoms with Crippen LogP contribution in [-0.2, 0) is 14.3 Å². The lowest BCUT2D eigenvalue weighted by Gasteiger charge is -2.12. The SMILES string of the molecule is CC(OC(=O)C=Cc1ccc(Cl)c(Cl)c1)C(=O)Nc1ccc(Cl)cc1. The molecule has 0 saturated heterocycles. The highest BCUT2D eigenvalue weighted by Gasteiger charge is 2.16. The Labute approximate surface area is 160 Å². The van der Waals surface area contributed by atoms with E-state index in [1.807, 2.05) is 0 Å². The zero-order valence-electron chi connectivity index (χ0n) is 13.1. The quantitative estimate of drug-likeness (QED) is 0.554. The molecule has 1 amide bonds. The number of amides is 1. The Morgan fingerprint density at radius 3 is 2.36 bits per heavy atom. The van der Waals surface area contributed by atoms with Crippen LogP contribution in [0, 0.1) is 0 Å². The highest BCUT2D eigenvalue weighted by atomic mass is 35.5. The molecule has 1 N–H and O–H groups in total. The van der Waals surface area contributed by atoms with E-state index >= 15 is 0 Å². The van der Waals surface area contributed by atoms with Gasteiger partial charge in [0.05, 0.1) is 10.0 Å². The fraction of sp³-hybridized carbons (Fsp3) is 0.111. The average Bonchev–Trinajstić information content (AvgIpc) is 2.58. The van der Waals surface area contributed by atoms with E-state index in [2.05, 4.69) is 5.32 Å². The van der Waals surface area contributed by atoms with E-state index in [1.54, 1.807) is 42.5 Å². The fourth-order valence-corrected chi connectivity index (χ4v) is 2.26. The molecule has 0 aromatic heterocycles. The number of rotatable bonds is 5. The molecular formula is C18H14Cl3NO3. The lowest BCUT2D eigenvalue weighted by Crippen LogP contribution is -2.29. The third-order valence-electron chi connectivity index (χ3n) is 3.13. The molecule has 4 nitrogen and oxygen atoms in total. The maximum absolute atomic E-state index is 12.0. The zero-order chi connectivity index (χ0) is 18.4. The van der Waals surface area contributed by atoms with Gasteiger partial charge in [0.15, 0.2) is 6.10 Å². The van der Waals surface area contributed by atoms with Crippen LogP contribution in [0.2, 0.25) is 15.1 Å². The lowest BCUT2D eigenvalue weighted by atomic mass is 10.2. The number of carbonyl (C=O) groups excluding carboxylic acids is 2. The monoisotopic (exact) mass is 397 g/mol. The van der Waals surface area contributed by atoms with Crippen LogP contribution in [0.3, 0.4) is 0 Å². The second-order valence-electron chi connectivity index (χ2n) is 5.08. The molecule has 7 heteroatoms. The van der Waals surface area contributed by atoms with Crippen LogP contribution < -0.4 is 5.32 Å². The second-order valence-corrected chi connectivity index (χ2v) is 6.33. The van der Waals surface area contributed by atoms with Crippen molar-refractivity contribution in [3.05, 3.63) is 69.2 Å². The third-order valence-corrected chi connectivity index (χ3v) is 4.12. The summed E-state index contributed by atoms with van der Waals surface area (Å²) >= 11 is 17.5. The summed E-state index contributed by atoms with van der Waals surface area (Å²) in [6.07, 6.45) is 1.78. The number of carbonyl (C=O) groups is 2. The van der Waals surface area contributed by atoms with Crippen molar-refractivity contribution in [3.63, 3.8) is 0 Å². The molecule has 0 bridgehead atoms. The van der Waals surface area contributed by atoms with Crippen molar-refractivity contribution >= 4 is 58.4 Å². The minimum Gasteiger partial charge on any atom is -0.449 e. The first kappa shape index (κ1) is 19.3. The minimum absolute atomic E-state index is 0.382. The predicted molar refractivity (Wildman–Crippen MR) is 101 cm³/mol. The van der Waals surface area contributed by atoms with Crippen LogP contribution in [0.15, 0.2) is 48.5 Å². The van der Waals surface area contributed by atoms with Gasteiger partial charge >= 0.3 is 5.97 Å². The first-order valence-electron chi connectivity index (χ1n) is 7.25. The molecule has 0 saturated carbocycles. The van der Waals surface area contributed by atoms with Crippen LogP contribution in [-0.4, -0.2) is 18.0 Å². The number of halogens is 3. The van der Waals surface area contributed by atoms with Crippen LogP contribution >= 0.6 is 34.8 Å². The summed E-state index contributed by atoms with van der Waals surface area (Å²) in [4.78, 5) is 23.8. The van der Waals surface area contributed by atoms with Gasteiger partial charge in [-0.3, -0.25) is 4.79 Å². The van der Waals surface area contributed by atoms with Crippen molar-refractivity contribution in [3.8, 4) is 0 Å². The van der Waals surface area contributed by atoms with Gasteiger partial charge in [-0.2, -0.15) is 0 Å². The number of hydrogen-bond acceptors (Lipinski definition) is 3. The summed E-state index contributed by atoms with van der Waals surface area (Å²) in [5, 5.41) is 4.00. The van der Waals surface area contributed by atoms with Crippen molar-refractivity contribution in [1.29, 1.82) is 0 Å². The van der Waals surface area contributed by atoms with Gasteiger partial charge in [0.2, 0.25) is 0 Å². The number of esters is 1. The van der Waals surface area contributed by atoms with E-state index in [4.69, 9.17) is 39.5 Å². The molecule has 0 aliphatic rings. The Bertz CT molecular complexity index is 804. The molecule has 1 atom stereocenters. The Hall–Kier alpha value is -2.01. The van der Waals surface area contributed by atoms with Crippen LogP contribution in [0.5, 0.6) is 0 Å². The molecule has 0 fully saturated rings. The van der Waals surface area contributed by atoms with Gasteiger partial charge in [-0.1, -0.05) is 40.9 Å². The van der Waals surface area contributed by atoms with Crippen molar-refractivity contribution in [2.75, 3.05) is 5.32 Å². The summed E-state index contributed by atoms with van der Waals surface area (Å²) in [5.74, 6) is -1.09. The van der Waals surface area contributed by atoms with Crippen molar-refractivity contribution in [2.45, 2.75) is 13.0 Å². The van der Waals surface area contributed by atoms with Gasteiger partial charge in [-0.15, -0.1) is 0 Å². The molecule has 0 heterocycles. The molecule has 130 valence electrons. The average molecular weight is 399 g/mol. The predicted octanol–water partition coefficient (Wildman–Crippen LogP) is 5.23. The first-order valence-corrected chi connectivity index (χ1v) is 8.39. The summed E-state index contributed by atoms with van der Waals surface area (Å²) in [7, 11) is 0. The Balaban J connectivity index is 1.90. The van der Waals surface area contributed by atoms with Gasteiger partial charge in [-0.05, 0) is 55.0 Å². The minimum atomic E-state index is -0.957. The van der Waals surface area contributed by atoms with E-state index in [0.717, 1.165) is 0 Å². The number of hydrogen-bond donors (Lipinski definition) is 1. The topological polar surface area (TPSA) is 55.4 Å². The highest BCUT2D eigenvalue weighted by molar-refractivity contribution is 6.42. The maximum atomic E-state index is 12.0. The lowest BCUT2D eigenvalue weighted by molar-refractivity contribution is -0.148. The number of benzene rings is 2. The Kier molecular flexibility index (Phi) is 6.88. The van der Waals surface area contributed by atoms with Gasteiger partial charge < -0.3 is 10.1 Å². The standard InChI is InChI=1S/C18H14Cl3NO3/c1-11(18(24)22-14-6-4-13(19)5-7-14)25-17(23)9-3-12-2-8-15(20)16(21)10-12/h2-11H,1H3,(H,22,24). The van der Waals surface area contributed by atoms with Gasteiger partial charge in [-0.25, -0.2) is 4.79 Å². The molecule has 0 aliphatic carbocycles. The molecular weight excluding hydrogens is 385 g/mol. The normalized spacial score (nSPS) is 12.0. The molecule has 2 aromatic rings. The molecule has 0 aliphatic heterocycles. The van der Waals surface area contributed by atoms with Crippen molar-refractivity contribution in [2.24, 2.45) is 0 Å². The van der Waals surface area contributed by atoms with E-state index < -0.39 is 18.0 Å². The number of nitrogens with one attached hydrogen (secondary N) is 1. The van der Waals surface area contributed by atoms with Crippen LogP contribution in [0.4, 0.5) is 5.69 Å². The molecule has 0 spiro atoms.